The molecule has 7 nitrogen and oxygen atoms in total. The van der Waals surface area contributed by atoms with Gasteiger partial charge < -0.3 is 31.4 Å². The minimum absolute atomic E-state index is 0.0946. The smallest absolute Gasteiger partial charge is 0.230 e. The summed E-state index contributed by atoms with van der Waals surface area (Å²) < 4.78 is 0. The van der Waals surface area contributed by atoms with Crippen LogP contribution in [0, 0.1) is 0 Å². The number of phenolic OH excluding ortho intramolecular Hbond substituents is 1. The largest absolute Gasteiger partial charge is 0.544 e. The number of quaternary nitrogens is 2. The highest BCUT2D eigenvalue weighted by atomic mass is 16.4. The van der Waals surface area contributed by atoms with E-state index in [2.05, 4.69) is 11.1 Å². The van der Waals surface area contributed by atoms with Crippen molar-refractivity contribution in [3.63, 3.8) is 0 Å². The summed E-state index contributed by atoms with van der Waals surface area (Å²) in [5, 5.41) is 24.2. The second kappa shape index (κ2) is 8.13. The second-order valence-corrected chi connectivity index (χ2v) is 4.46. The van der Waals surface area contributed by atoms with Crippen molar-refractivity contribution in [2.45, 2.75) is 18.9 Å². The number of anilines is 1. The molecule has 0 aliphatic rings. The van der Waals surface area contributed by atoms with Gasteiger partial charge in [0.25, 0.3) is 0 Å². The molecule has 20 heavy (non-hydrogen) atoms. The van der Waals surface area contributed by atoms with Crippen LogP contribution in [0.25, 0.3) is 0 Å². The lowest BCUT2D eigenvalue weighted by atomic mass is 10.2. The van der Waals surface area contributed by atoms with E-state index >= 15 is 0 Å². The van der Waals surface area contributed by atoms with Gasteiger partial charge in [0.2, 0.25) is 5.91 Å². The van der Waals surface area contributed by atoms with E-state index in [0.717, 1.165) is 13.0 Å². The van der Waals surface area contributed by atoms with E-state index < -0.39 is 17.9 Å². The Morgan fingerprint density at radius 2 is 2.00 bits per heavy atom. The van der Waals surface area contributed by atoms with Gasteiger partial charge in [-0.15, -0.1) is 0 Å². The molecule has 1 atom stereocenters. The number of benzene rings is 1. The van der Waals surface area contributed by atoms with Gasteiger partial charge in [-0.25, -0.2) is 0 Å². The number of carbonyl (C=O) groups is 2. The third-order valence-electron chi connectivity index (χ3n) is 2.76. The Labute approximate surface area is 116 Å². The molecule has 1 rings (SSSR count). The van der Waals surface area contributed by atoms with Crippen molar-refractivity contribution in [2.24, 2.45) is 0 Å². The molecule has 0 saturated carbocycles. The highest BCUT2D eigenvalue weighted by Crippen LogP contribution is 2.13. The molecule has 0 unspecified atom stereocenters. The third kappa shape index (κ3) is 5.68. The third-order valence-corrected chi connectivity index (χ3v) is 2.76. The lowest BCUT2D eigenvalue weighted by molar-refractivity contribution is -0.684. The monoisotopic (exact) mass is 282 g/mol. The Morgan fingerprint density at radius 1 is 1.35 bits per heavy atom. The van der Waals surface area contributed by atoms with Crippen molar-refractivity contribution in [2.75, 3.05) is 18.4 Å². The second-order valence-electron chi connectivity index (χ2n) is 4.46. The summed E-state index contributed by atoms with van der Waals surface area (Å²) in [5.74, 6) is -1.57. The van der Waals surface area contributed by atoms with Gasteiger partial charge in [-0.1, -0.05) is 0 Å². The van der Waals surface area contributed by atoms with Crippen LogP contribution >= 0.6 is 0 Å². The van der Waals surface area contributed by atoms with Gasteiger partial charge in [-0.2, -0.15) is 0 Å². The van der Waals surface area contributed by atoms with Crippen LogP contribution in [-0.4, -0.2) is 36.1 Å². The highest BCUT2D eigenvalue weighted by Gasteiger charge is 2.18. The maximum Gasteiger partial charge on any atom is 0.230 e. The van der Waals surface area contributed by atoms with E-state index in [1.165, 1.54) is 24.3 Å². The van der Waals surface area contributed by atoms with Gasteiger partial charge in [-0.3, -0.25) is 4.79 Å². The van der Waals surface area contributed by atoms with Gasteiger partial charge in [0.15, 0.2) is 0 Å². The van der Waals surface area contributed by atoms with E-state index in [-0.39, 0.29) is 12.2 Å². The first kappa shape index (κ1) is 15.9. The molecule has 0 heterocycles. The number of aliphatic carboxylic acids is 1. The quantitative estimate of drug-likeness (QED) is 0.299. The molecule has 1 amide bonds. The zero-order valence-electron chi connectivity index (χ0n) is 11.2. The molecule has 0 spiro atoms. The van der Waals surface area contributed by atoms with Crippen LogP contribution in [0.1, 0.15) is 12.8 Å². The number of aromatic hydroxyl groups is 1. The molecule has 0 bridgehead atoms. The molecule has 1 aromatic rings. The van der Waals surface area contributed by atoms with Gasteiger partial charge in [-0.05, 0) is 24.3 Å². The number of carboxylic acids is 1. The number of carbonyl (C=O) groups excluding carboxylic acids is 2. The topological polar surface area (TPSA) is 134 Å². The molecule has 0 aliphatic carbocycles. The van der Waals surface area contributed by atoms with Crippen LogP contribution in [0.5, 0.6) is 5.75 Å². The zero-order valence-corrected chi connectivity index (χ0v) is 11.2. The van der Waals surface area contributed by atoms with Crippen molar-refractivity contribution in [3.05, 3.63) is 24.3 Å². The van der Waals surface area contributed by atoms with Crippen molar-refractivity contribution >= 4 is 17.6 Å². The Balaban J connectivity index is 2.48. The van der Waals surface area contributed by atoms with Crippen molar-refractivity contribution in [3.8, 4) is 5.75 Å². The van der Waals surface area contributed by atoms with Crippen LogP contribution in [-0.2, 0) is 9.59 Å². The first-order valence-electron chi connectivity index (χ1n) is 6.45. The normalized spacial score (nSPS) is 11.8. The molecule has 0 fully saturated rings. The molecular weight excluding hydrogens is 262 g/mol. The Morgan fingerprint density at radius 3 is 2.55 bits per heavy atom. The molecular formula is C13H20N3O4+. The van der Waals surface area contributed by atoms with E-state index in [1.54, 1.807) is 5.32 Å². The SMILES string of the molecule is [NH3+]CCC[NH2+][C@@H](CC(=O)Nc1ccc(O)cc1)C(=O)[O-]. The lowest BCUT2D eigenvalue weighted by Crippen LogP contribution is -2.93. The van der Waals surface area contributed by atoms with Gasteiger partial charge in [0.1, 0.15) is 11.8 Å². The highest BCUT2D eigenvalue weighted by molar-refractivity contribution is 5.93. The maximum atomic E-state index is 11.7. The molecule has 110 valence electrons. The minimum Gasteiger partial charge on any atom is -0.544 e. The molecule has 0 saturated heterocycles. The first-order valence-corrected chi connectivity index (χ1v) is 6.45. The number of amides is 1. The summed E-state index contributed by atoms with van der Waals surface area (Å²) in [5.41, 5.74) is 4.17. The summed E-state index contributed by atoms with van der Waals surface area (Å²) in [6, 6.07) is 5.04. The Kier molecular flexibility index (Phi) is 6.48. The predicted octanol–water partition coefficient (Wildman–Crippen LogP) is -2.97. The summed E-state index contributed by atoms with van der Waals surface area (Å²) >= 11 is 0. The predicted molar refractivity (Wildman–Crippen MR) is 69.3 cm³/mol. The summed E-state index contributed by atoms with van der Waals surface area (Å²) in [6.07, 6.45) is 0.615. The lowest BCUT2D eigenvalue weighted by Gasteiger charge is -2.16. The van der Waals surface area contributed by atoms with Gasteiger partial charge in [0, 0.05) is 12.1 Å². The fraction of sp³-hybridized carbons (Fsp3) is 0.385. The number of nitrogens with two attached hydrogens (primary N) is 1. The van der Waals surface area contributed by atoms with E-state index in [1.807, 2.05) is 0 Å². The molecule has 7 N–H and O–H groups in total. The van der Waals surface area contributed by atoms with Crippen molar-refractivity contribution in [1.82, 2.24) is 0 Å². The van der Waals surface area contributed by atoms with Crippen molar-refractivity contribution < 1.29 is 30.9 Å². The average molecular weight is 282 g/mol. The Hall–Kier alpha value is -2.12. The summed E-state index contributed by atoms with van der Waals surface area (Å²) in [4.78, 5) is 22.7. The maximum absolute atomic E-state index is 11.7. The van der Waals surface area contributed by atoms with Crippen LogP contribution in [0.15, 0.2) is 24.3 Å². The summed E-state index contributed by atoms with van der Waals surface area (Å²) in [7, 11) is 0. The number of phenols is 1. The summed E-state index contributed by atoms with van der Waals surface area (Å²) in [6.45, 7) is 1.31. The zero-order chi connectivity index (χ0) is 15.0. The molecule has 1 aromatic carbocycles. The number of hydrogen-bond donors (Lipinski definition) is 4. The van der Waals surface area contributed by atoms with E-state index in [9.17, 15) is 14.7 Å². The number of carboxylic acid groups (broad SMARTS) is 1. The Bertz CT molecular complexity index is 447. The first-order chi connectivity index (χ1) is 9.52. The fourth-order valence-electron chi connectivity index (χ4n) is 1.68. The van der Waals surface area contributed by atoms with Crippen LogP contribution in [0.2, 0.25) is 0 Å². The fourth-order valence-corrected chi connectivity index (χ4v) is 1.68. The number of rotatable bonds is 8. The van der Waals surface area contributed by atoms with Crippen LogP contribution in [0.4, 0.5) is 5.69 Å². The van der Waals surface area contributed by atoms with Crippen LogP contribution < -0.4 is 21.5 Å². The van der Waals surface area contributed by atoms with Crippen molar-refractivity contribution in [1.29, 1.82) is 0 Å². The molecule has 0 radical (unpaired) electrons. The van der Waals surface area contributed by atoms with Gasteiger partial charge in [0.05, 0.1) is 25.5 Å². The van der Waals surface area contributed by atoms with E-state index in [0.29, 0.717) is 12.2 Å². The van der Waals surface area contributed by atoms with Crippen LogP contribution in [0.3, 0.4) is 0 Å². The number of hydrogen-bond acceptors (Lipinski definition) is 4. The standard InChI is InChI=1S/C13H19N3O4/c14-6-1-7-15-11(13(19)20)8-12(18)16-9-2-4-10(17)5-3-9/h2-5,11,15,17H,1,6-8,14H2,(H,16,18)(H,19,20)/p+1/t11-/m0/s1. The minimum atomic E-state index is -1.25. The van der Waals surface area contributed by atoms with Gasteiger partial charge >= 0.3 is 0 Å². The average Bonchev–Trinajstić information content (AvgIpc) is 2.40. The molecule has 0 aliphatic heterocycles. The number of nitrogens with one attached hydrogen (secondary N) is 1. The molecule has 0 aromatic heterocycles. The molecule has 7 heteroatoms. The van der Waals surface area contributed by atoms with E-state index in [4.69, 9.17) is 5.11 Å².